The van der Waals surface area contributed by atoms with E-state index in [-0.39, 0.29) is 12.0 Å². The molecule has 2 aromatic rings. The van der Waals surface area contributed by atoms with Crippen molar-refractivity contribution in [2.75, 3.05) is 0 Å². The molecule has 0 saturated heterocycles. The van der Waals surface area contributed by atoms with Gasteiger partial charge in [0.1, 0.15) is 11.9 Å². The largest absolute Gasteiger partial charge is 0.490 e. The smallest absolute Gasteiger partial charge is 0.272 e. The van der Waals surface area contributed by atoms with Crippen LogP contribution in [0.5, 0.6) is 5.75 Å². The molecule has 2 N–H and O–H groups in total. The maximum Gasteiger partial charge on any atom is 0.272 e. The lowest BCUT2D eigenvalue weighted by Crippen LogP contribution is -2.24. The van der Waals surface area contributed by atoms with E-state index >= 15 is 0 Å². The zero-order valence-electron chi connectivity index (χ0n) is 13.3. The number of aromatic amines is 1. The molecule has 1 amide bonds. The number of rotatable bonds is 3. The van der Waals surface area contributed by atoms with Crippen LogP contribution in [0.2, 0.25) is 0 Å². The second kappa shape index (κ2) is 5.72. The van der Waals surface area contributed by atoms with Crippen LogP contribution in [0.25, 0.3) is 0 Å². The highest BCUT2D eigenvalue weighted by atomic mass is 16.5. The minimum absolute atomic E-state index is 0.0884. The molecule has 23 heavy (non-hydrogen) atoms. The van der Waals surface area contributed by atoms with E-state index in [9.17, 15) is 4.79 Å². The van der Waals surface area contributed by atoms with Crippen molar-refractivity contribution in [2.24, 2.45) is 0 Å². The molecule has 5 heteroatoms. The van der Waals surface area contributed by atoms with Gasteiger partial charge in [-0.25, -0.2) is 0 Å². The van der Waals surface area contributed by atoms with Crippen molar-refractivity contribution in [2.45, 2.75) is 51.7 Å². The number of hydrogen-bond donors (Lipinski definition) is 2. The number of nitrogens with zero attached hydrogens (tertiary/aromatic N) is 1. The van der Waals surface area contributed by atoms with Crippen molar-refractivity contribution in [3.05, 3.63) is 46.3 Å². The van der Waals surface area contributed by atoms with E-state index in [0.717, 1.165) is 48.3 Å². The van der Waals surface area contributed by atoms with Gasteiger partial charge >= 0.3 is 0 Å². The number of hydrogen-bond acceptors (Lipinski definition) is 3. The highest BCUT2D eigenvalue weighted by molar-refractivity contribution is 5.94. The van der Waals surface area contributed by atoms with E-state index < -0.39 is 0 Å². The first kappa shape index (κ1) is 14.3. The highest BCUT2D eigenvalue weighted by Gasteiger charge is 2.22. The summed E-state index contributed by atoms with van der Waals surface area (Å²) in [4.78, 5) is 12.4. The van der Waals surface area contributed by atoms with Crippen molar-refractivity contribution in [3.8, 4) is 5.75 Å². The predicted molar refractivity (Wildman–Crippen MR) is 86.6 cm³/mol. The Morgan fingerprint density at radius 3 is 3.17 bits per heavy atom. The lowest BCUT2D eigenvalue weighted by atomic mass is 9.96. The van der Waals surface area contributed by atoms with Crippen molar-refractivity contribution >= 4 is 5.91 Å². The monoisotopic (exact) mass is 311 g/mol. The molecular formula is C18H21N3O2. The number of ether oxygens (including phenoxy) is 1. The van der Waals surface area contributed by atoms with Crippen LogP contribution in [-0.4, -0.2) is 22.2 Å². The maximum absolute atomic E-state index is 12.4. The minimum Gasteiger partial charge on any atom is -0.490 e. The number of nitrogens with one attached hydrogen (secondary N) is 2. The summed E-state index contributed by atoms with van der Waals surface area (Å²) in [7, 11) is 0. The lowest BCUT2D eigenvalue weighted by molar-refractivity contribution is 0.0945. The molecule has 1 aliphatic carbocycles. The molecule has 0 spiro atoms. The molecule has 1 aromatic carbocycles. The summed E-state index contributed by atoms with van der Waals surface area (Å²) in [6, 6.07) is 6.13. The van der Waals surface area contributed by atoms with E-state index in [0.29, 0.717) is 12.2 Å². The SMILES string of the molecule is C[C@@H]1Cc2cc(CNC(=O)c3n[nH]c4c3CCCC4)ccc2O1. The standard InChI is InChI=1S/C18H21N3O2/c1-11-8-13-9-12(6-7-16(13)23-11)10-19-18(22)17-14-4-2-3-5-15(14)20-21-17/h6-7,9,11H,2-5,8,10H2,1H3,(H,19,22)(H,20,21)/t11-/m1/s1. The normalized spacial score (nSPS) is 18.9. The number of carbonyl (C=O) groups excluding carboxylic acids is 1. The molecule has 1 aromatic heterocycles. The molecule has 1 atom stereocenters. The molecule has 0 radical (unpaired) electrons. The van der Waals surface area contributed by atoms with Crippen LogP contribution in [0.15, 0.2) is 18.2 Å². The Morgan fingerprint density at radius 2 is 2.26 bits per heavy atom. The van der Waals surface area contributed by atoms with Crippen LogP contribution in [0, 0.1) is 0 Å². The van der Waals surface area contributed by atoms with Gasteiger partial charge in [-0.05, 0) is 49.8 Å². The molecule has 120 valence electrons. The summed E-state index contributed by atoms with van der Waals surface area (Å²) in [6.45, 7) is 2.59. The van der Waals surface area contributed by atoms with Crippen LogP contribution in [0.1, 0.15) is 52.6 Å². The van der Waals surface area contributed by atoms with E-state index in [2.05, 4.69) is 28.5 Å². The Balaban J connectivity index is 1.44. The van der Waals surface area contributed by atoms with E-state index in [1.165, 1.54) is 12.0 Å². The zero-order chi connectivity index (χ0) is 15.8. The number of fused-ring (bicyclic) bond motifs is 2. The average molecular weight is 311 g/mol. The van der Waals surface area contributed by atoms with Crippen LogP contribution in [-0.2, 0) is 25.8 Å². The fourth-order valence-electron chi connectivity index (χ4n) is 3.52. The Morgan fingerprint density at radius 1 is 1.39 bits per heavy atom. The third kappa shape index (κ3) is 2.71. The Hall–Kier alpha value is -2.30. The van der Waals surface area contributed by atoms with Gasteiger partial charge in [0.25, 0.3) is 5.91 Å². The fourth-order valence-corrected chi connectivity index (χ4v) is 3.52. The molecule has 0 saturated carbocycles. The Kier molecular flexibility index (Phi) is 3.56. The maximum atomic E-state index is 12.4. The summed E-state index contributed by atoms with van der Waals surface area (Å²) in [6.07, 6.45) is 5.43. The first-order chi connectivity index (χ1) is 11.2. The summed E-state index contributed by atoms with van der Waals surface area (Å²) in [5.74, 6) is 0.878. The second-order valence-electron chi connectivity index (χ2n) is 6.49. The number of aromatic nitrogens is 2. The zero-order valence-corrected chi connectivity index (χ0v) is 13.3. The molecule has 2 heterocycles. The first-order valence-electron chi connectivity index (χ1n) is 8.33. The number of amides is 1. The van der Waals surface area contributed by atoms with Gasteiger partial charge in [-0.3, -0.25) is 9.89 Å². The third-order valence-electron chi connectivity index (χ3n) is 4.68. The summed E-state index contributed by atoms with van der Waals surface area (Å²) in [5, 5.41) is 10.2. The summed E-state index contributed by atoms with van der Waals surface area (Å²) >= 11 is 0. The predicted octanol–water partition coefficient (Wildman–Crippen LogP) is 2.54. The van der Waals surface area contributed by atoms with E-state index in [1.54, 1.807) is 0 Å². The number of H-pyrrole nitrogens is 1. The van der Waals surface area contributed by atoms with Crippen molar-refractivity contribution < 1.29 is 9.53 Å². The van der Waals surface area contributed by atoms with Gasteiger partial charge in [-0.15, -0.1) is 0 Å². The molecule has 0 bridgehead atoms. The molecule has 5 nitrogen and oxygen atoms in total. The van der Waals surface area contributed by atoms with Gasteiger partial charge in [0.05, 0.1) is 0 Å². The third-order valence-corrected chi connectivity index (χ3v) is 4.68. The minimum atomic E-state index is -0.0884. The Labute approximate surface area is 135 Å². The van der Waals surface area contributed by atoms with Crippen LogP contribution in [0.3, 0.4) is 0 Å². The van der Waals surface area contributed by atoms with Gasteiger partial charge in [0.15, 0.2) is 5.69 Å². The topological polar surface area (TPSA) is 67.0 Å². The molecule has 2 aliphatic rings. The first-order valence-corrected chi connectivity index (χ1v) is 8.33. The number of aryl methyl sites for hydroxylation is 1. The van der Waals surface area contributed by atoms with Gasteiger partial charge in [-0.2, -0.15) is 5.10 Å². The number of carbonyl (C=O) groups is 1. The van der Waals surface area contributed by atoms with Gasteiger partial charge in [0, 0.05) is 24.2 Å². The molecular weight excluding hydrogens is 290 g/mol. The quantitative estimate of drug-likeness (QED) is 0.915. The van der Waals surface area contributed by atoms with Crippen LogP contribution in [0.4, 0.5) is 0 Å². The van der Waals surface area contributed by atoms with Crippen molar-refractivity contribution in [3.63, 3.8) is 0 Å². The van der Waals surface area contributed by atoms with Crippen LogP contribution >= 0.6 is 0 Å². The Bertz CT molecular complexity index is 751. The second-order valence-corrected chi connectivity index (χ2v) is 6.49. The number of benzene rings is 1. The van der Waals surface area contributed by atoms with Crippen LogP contribution < -0.4 is 10.1 Å². The van der Waals surface area contributed by atoms with E-state index in [4.69, 9.17) is 4.74 Å². The van der Waals surface area contributed by atoms with Crippen molar-refractivity contribution in [1.29, 1.82) is 0 Å². The highest BCUT2D eigenvalue weighted by Crippen LogP contribution is 2.29. The van der Waals surface area contributed by atoms with Gasteiger partial charge in [-0.1, -0.05) is 12.1 Å². The van der Waals surface area contributed by atoms with Gasteiger partial charge < -0.3 is 10.1 Å². The van der Waals surface area contributed by atoms with E-state index in [1.807, 2.05) is 12.1 Å². The molecule has 1 aliphatic heterocycles. The molecule has 0 unspecified atom stereocenters. The summed E-state index contributed by atoms with van der Waals surface area (Å²) < 4.78 is 5.71. The van der Waals surface area contributed by atoms with Gasteiger partial charge in [0.2, 0.25) is 0 Å². The molecule has 4 rings (SSSR count). The summed E-state index contributed by atoms with van der Waals surface area (Å²) in [5.41, 5.74) is 5.12. The molecule has 0 fully saturated rings. The lowest BCUT2D eigenvalue weighted by Gasteiger charge is -2.11. The van der Waals surface area contributed by atoms with Crippen molar-refractivity contribution in [1.82, 2.24) is 15.5 Å². The average Bonchev–Trinajstić information content (AvgIpc) is 3.14. The fraction of sp³-hybridized carbons (Fsp3) is 0.444.